The van der Waals surface area contributed by atoms with Gasteiger partial charge in [0.05, 0.1) is 0 Å². The lowest BCUT2D eigenvalue weighted by Crippen LogP contribution is -2.01. The van der Waals surface area contributed by atoms with Crippen molar-refractivity contribution in [2.75, 3.05) is 0 Å². The molecular formula is C23H22O3. The van der Waals surface area contributed by atoms with Crippen LogP contribution in [0.2, 0.25) is 0 Å². The topological polar surface area (TPSA) is 35.5 Å². The Balaban J connectivity index is 1.74. The maximum atomic E-state index is 10.6. The van der Waals surface area contributed by atoms with Gasteiger partial charge in [-0.3, -0.25) is 0 Å². The van der Waals surface area contributed by atoms with Gasteiger partial charge in [0, 0.05) is 6.42 Å². The third-order valence-corrected chi connectivity index (χ3v) is 4.03. The number of ether oxygens (including phenoxy) is 2. The third kappa shape index (κ3) is 5.21. The molecule has 3 nitrogen and oxygen atoms in total. The Labute approximate surface area is 154 Å². The first-order chi connectivity index (χ1) is 12.8. The van der Waals surface area contributed by atoms with Crippen molar-refractivity contribution in [1.82, 2.24) is 0 Å². The fourth-order valence-corrected chi connectivity index (χ4v) is 2.64. The second kappa shape index (κ2) is 9.42. The van der Waals surface area contributed by atoms with Crippen LogP contribution in [0.25, 0.3) is 0 Å². The summed E-state index contributed by atoms with van der Waals surface area (Å²) in [5.74, 6) is 1.41. The average Bonchev–Trinajstić information content (AvgIpc) is 2.71. The summed E-state index contributed by atoms with van der Waals surface area (Å²) >= 11 is 0. The van der Waals surface area contributed by atoms with Crippen molar-refractivity contribution < 1.29 is 14.3 Å². The van der Waals surface area contributed by atoms with Gasteiger partial charge in [-0.05, 0) is 35.2 Å². The SMILES string of the molecule is O=CCCc1ccc(OCc2ccccc2)c(OCc2ccccc2)c1. The van der Waals surface area contributed by atoms with Gasteiger partial charge in [0.15, 0.2) is 11.5 Å². The lowest BCUT2D eigenvalue weighted by Gasteiger charge is -2.14. The third-order valence-electron chi connectivity index (χ3n) is 4.03. The van der Waals surface area contributed by atoms with Crippen molar-refractivity contribution in [1.29, 1.82) is 0 Å². The van der Waals surface area contributed by atoms with E-state index in [4.69, 9.17) is 9.47 Å². The Bertz CT molecular complexity index is 813. The van der Waals surface area contributed by atoms with Gasteiger partial charge in [0.25, 0.3) is 0 Å². The first-order valence-corrected chi connectivity index (χ1v) is 8.75. The summed E-state index contributed by atoms with van der Waals surface area (Å²) in [5.41, 5.74) is 3.26. The molecule has 0 aliphatic carbocycles. The Morgan fingerprint density at radius 3 is 1.81 bits per heavy atom. The molecule has 132 valence electrons. The first-order valence-electron chi connectivity index (χ1n) is 8.75. The summed E-state index contributed by atoms with van der Waals surface area (Å²) in [4.78, 5) is 10.6. The van der Waals surface area contributed by atoms with Crippen molar-refractivity contribution in [3.63, 3.8) is 0 Å². The largest absolute Gasteiger partial charge is 0.485 e. The molecule has 3 rings (SSSR count). The minimum absolute atomic E-state index is 0.472. The molecule has 26 heavy (non-hydrogen) atoms. The van der Waals surface area contributed by atoms with E-state index in [-0.39, 0.29) is 0 Å². The van der Waals surface area contributed by atoms with E-state index in [2.05, 4.69) is 0 Å². The smallest absolute Gasteiger partial charge is 0.161 e. The van der Waals surface area contributed by atoms with Crippen LogP contribution < -0.4 is 9.47 Å². The molecule has 0 unspecified atom stereocenters. The van der Waals surface area contributed by atoms with Crippen LogP contribution in [0.1, 0.15) is 23.1 Å². The Hall–Kier alpha value is -3.07. The molecule has 0 heterocycles. The second-order valence-corrected chi connectivity index (χ2v) is 6.03. The van der Waals surface area contributed by atoms with E-state index in [1.807, 2.05) is 78.9 Å². The number of carbonyl (C=O) groups is 1. The maximum Gasteiger partial charge on any atom is 0.161 e. The molecule has 0 aliphatic heterocycles. The molecule has 3 aromatic carbocycles. The molecule has 0 N–H and O–H groups in total. The Kier molecular flexibility index (Phi) is 6.43. The van der Waals surface area contributed by atoms with Crippen LogP contribution in [0.3, 0.4) is 0 Å². The minimum Gasteiger partial charge on any atom is -0.485 e. The highest BCUT2D eigenvalue weighted by atomic mass is 16.5. The van der Waals surface area contributed by atoms with E-state index in [9.17, 15) is 4.79 Å². The maximum absolute atomic E-state index is 10.6. The van der Waals surface area contributed by atoms with Crippen LogP contribution >= 0.6 is 0 Å². The van der Waals surface area contributed by atoms with Gasteiger partial charge in [-0.1, -0.05) is 66.7 Å². The highest BCUT2D eigenvalue weighted by Crippen LogP contribution is 2.30. The normalized spacial score (nSPS) is 10.3. The summed E-state index contributed by atoms with van der Waals surface area (Å²) in [6, 6.07) is 25.9. The number of hydrogen-bond donors (Lipinski definition) is 0. The number of hydrogen-bond acceptors (Lipinski definition) is 3. The molecule has 3 heteroatoms. The fourth-order valence-electron chi connectivity index (χ4n) is 2.64. The van der Waals surface area contributed by atoms with Crippen molar-refractivity contribution in [2.24, 2.45) is 0 Å². The summed E-state index contributed by atoms with van der Waals surface area (Å²) in [6.07, 6.45) is 2.14. The molecular weight excluding hydrogens is 324 g/mol. The van der Waals surface area contributed by atoms with Crippen molar-refractivity contribution in [3.05, 3.63) is 95.6 Å². The van der Waals surface area contributed by atoms with Crippen LogP contribution in [-0.2, 0) is 24.4 Å². The predicted octanol–water partition coefficient (Wildman–Crippen LogP) is 4.98. The van der Waals surface area contributed by atoms with E-state index in [0.717, 1.165) is 23.0 Å². The number of carbonyl (C=O) groups excluding carboxylic acids is 1. The van der Waals surface area contributed by atoms with Gasteiger partial charge in [-0.25, -0.2) is 0 Å². The molecule has 0 amide bonds. The zero-order valence-electron chi connectivity index (χ0n) is 14.6. The van der Waals surface area contributed by atoms with Crippen molar-refractivity contribution in [2.45, 2.75) is 26.1 Å². The molecule has 0 saturated carbocycles. The molecule has 0 aromatic heterocycles. The van der Waals surface area contributed by atoms with Crippen molar-refractivity contribution in [3.8, 4) is 11.5 Å². The molecule has 0 bridgehead atoms. The van der Waals surface area contributed by atoms with Gasteiger partial charge in [-0.2, -0.15) is 0 Å². The van der Waals surface area contributed by atoms with Crippen LogP contribution in [0, 0.1) is 0 Å². The van der Waals surface area contributed by atoms with Crippen LogP contribution in [0.15, 0.2) is 78.9 Å². The molecule has 3 aromatic rings. The standard InChI is InChI=1S/C23H22O3/c24-15-7-12-19-13-14-22(25-17-20-8-3-1-4-9-20)23(16-19)26-18-21-10-5-2-6-11-21/h1-6,8-11,13-16H,7,12,17-18H2. The molecule has 0 radical (unpaired) electrons. The Morgan fingerprint density at radius 2 is 1.23 bits per heavy atom. The molecule has 0 atom stereocenters. The van der Waals surface area contributed by atoms with Gasteiger partial charge in [0.1, 0.15) is 19.5 Å². The van der Waals surface area contributed by atoms with E-state index in [1.165, 1.54) is 0 Å². The van der Waals surface area contributed by atoms with E-state index >= 15 is 0 Å². The predicted molar refractivity (Wildman–Crippen MR) is 102 cm³/mol. The molecule has 0 spiro atoms. The van der Waals surface area contributed by atoms with Gasteiger partial charge in [0.2, 0.25) is 0 Å². The van der Waals surface area contributed by atoms with Crippen LogP contribution in [-0.4, -0.2) is 6.29 Å². The molecule has 0 aliphatic rings. The van der Waals surface area contributed by atoms with Crippen LogP contribution in [0.4, 0.5) is 0 Å². The highest BCUT2D eigenvalue weighted by molar-refractivity contribution is 5.51. The molecule has 0 fully saturated rings. The number of benzene rings is 3. The first kappa shape index (κ1) is 17.7. The fraction of sp³-hybridized carbons (Fsp3) is 0.174. The number of aryl methyl sites for hydroxylation is 1. The van der Waals surface area contributed by atoms with Crippen molar-refractivity contribution >= 4 is 6.29 Å². The zero-order valence-corrected chi connectivity index (χ0v) is 14.6. The zero-order chi connectivity index (χ0) is 18.0. The quantitative estimate of drug-likeness (QED) is 0.513. The average molecular weight is 346 g/mol. The monoisotopic (exact) mass is 346 g/mol. The summed E-state index contributed by atoms with van der Waals surface area (Å²) < 4.78 is 12.0. The Morgan fingerprint density at radius 1 is 0.654 bits per heavy atom. The lowest BCUT2D eigenvalue weighted by molar-refractivity contribution is -0.107. The van der Waals surface area contributed by atoms with E-state index in [1.54, 1.807) is 0 Å². The summed E-state index contributed by atoms with van der Waals surface area (Å²) in [7, 11) is 0. The number of rotatable bonds is 9. The van der Waals surface area contributed by atoms with Crippen LogP contribution in [0.5, 0.6) is 11.5 Å². The van der Waals surface area contributed by atoms with Gasteiger partial charge >= 0.3 is 0 Å². The van der Waals surface area contributed by atoms with Gasteiger partial charge < -0.3 is 14.3 Å². The minimum atomic E-state index is 0.472. The van der Waals surface area contributed by atoms with E-state index < -0.39 is 0 Å². The second-order valence-electron chi connectivity index (χ2n) is 6.03. The number of aldehydes is 1. The highest BCUT2D eigenvalue weighted by Gasteiger charge is 2.08. The van der Waals surface area contributed by atoms with Gasteiger partial charge in [-0.15, -0.1) is 0 Å². The molecule has 0 saturated heterocycles. The summed E-state index contributed by atoms with van der Waals surface area (Å²) in [5, 5.41) is 0. The summed E-state index contributed by atoms with van der Waals surface area (Å²) in [6.45, 7) is 0.954. The van der Waals surface area contributed by atoms with E-state index in [0.29, 0.717) is 37.6 Å². The lowest BCUT2D eigenvalue weighted by atomic mass is 10.1.